The molecule has 0 saturated heterocycles. The molecule has 1 aromatic carbocycles. The van der Waals surface area contributed by atoms with E-state index in [0.29, 0.717) is 11.5 Å². The lowest BCUT2D eigenvalue weighted by atomic mass is 10.2. The number of hydrogen-bond donors (Lipinski definition) is 2. The van der Waals surface area contributed by atoms with Crippen molar-refractivity contribution in [2.45, 2.75) is 15.8 Å². The van der Waals surface area contributed by atoms with Gasteiger partial charge in [-0.1, -0.05) is 11.8 Å². The summed E-state index contributed by atoms with van der Waals surface area (Å²) in [6, 6.07) is 8.55. The molecule has 2 amide bonds. The molecule has 2 aromatic heterocycles. The SMILES string of the molecule is Cn1ccnc1SCc1ccc(C(=O)NNC(=O)c2ccc(S(C)(=O)=O)cc2)o1. The highest BCUT2D eigenvalue weighted by molar-refractivity contribution is 7.98. The number of carbonyl (C=O) groups excluding carboxylic acids is 2. The number of sulfone groups is 1. The van der Waals surface area contributed by atoms with E-state index in [-0.39, 0.29) is 16.2 Å². The molecule has 2 heterocycles. The van der Waals surface area contributed by atoms with E-state index in [9.17, 15) is 18.0 Å². The summed E-state index contributed by atoms with van der Waals surface area (Å²) in [7, 11) is -1.46. The summed E-state index contributed by atoms with van der Waals surface area (Å²) in [6.45, 7) is 0. The fraction of sp³-hybridized carbons (Fsp3) is 0.167. The first-order chi connectivity index (χ1) is 13.7. The van der Waals surface area contributed by atoms with Crippen molar-refractivity contribution in [2.75, 3.05) is 6.26 Å². The fourth-order valence-corrected chi connectivity index (χ4v) is 3.76. The van der Waals surface area contributed by atoms with E-state index in [1.54, 1.807) is 12.3 Å². The Morgan fingerprint density at radius 3 is 2.41 bits per heavy atom. The van der Waals surface area contributed by atoms with Crippen molar-refractivity contribution in [1.29, 1.82) is 0 Å². The van der Waals surface area contributed by atoms with Gasteiger partial charge in [0.1, 0.15) is 5.76 Å². The number of imidazole rings is 1. The molecule has 9 nitrogen and oxygen atoms in total. The maximum absolute atomic E-state index is 12.1. The highest BCUT2D eigenvalue weighted by Crippen LogP contribution is 2.21. The number of rotatable bonds is 6. The van der Waals surface area contributed by atoms with Crippen LogP contribution in [0.4, 0.5) is 0 Å². The zero-order valence-corrected chi connectivity index (χ0v) is 17.2. The Morgan fingerprint density at radius 1 is 1.10 bits per heavy atom. The van der Waals surface area contributed by atoms with E-state index in [2.05, 4.69) is 15.8 Å². The summed E-state index contributed by atoms with van der Waals surface area (Å²) in [5.41, 5.74) is 4.72. The van der Waals surface area contributed by atoms with Gasteiger partial charge in [0.2, 0.25) is 0 Å². The van der Waals surface area contributed by atoms with Gasteiger partial charge in [-0.2, -0.15) is 0 Å². The molecule has 0 atom stereocenters. The molecule has 29 heavy (non-hydrogen) atoms. The van der Waals surface area contributed by atoms with Gasteiger partial charge in [0.15, 0.2) is 20.8 Å². The molecule has 3 aromatic rings. The largest absolute Gasteiger partial charge is 0.455 e. The van der Waals surface area contributed by atoms with Crippen LogP contribution < -0.4 is 10.9 Å². The van der Waals surface area contributed by atoms with Gasteiger partial charge in [-0.05, 0) is 36.4 Å². The third-order valence-electron chi connectivity index (χ3n) is 3.84. The van der Waals surface area contributed by atoms with Gasteiger partial charge in [-0.25, -0.2) is 13.4 Å². The number of nitrogens with zero attached hydrogens (tertiary/aromatic N) is 2. The molecule has 0 spiro atoms. The van der Waals surface area contributed by atoms with Gasteiger partial charge in [-0.15, -0.1) is 0 Å². The second-order valence-electron chi connectivity index (χ2n) is 6.08. The summed E-state index contributed by atoms with van der Waals surface area (Å²) < 4.78 is 30.2. The highest BCUT2D eigenvalue weighted by atomic mass is 32.2. The van der Waals surface area contributed by atoms with Crippen LogP contribution in [-0.2, 0) is 22.6 Å². The fourth-order valence-electron chi connectivity index (χ4n) is 2.31. The number of thioether (sulfide) groups is 1. The average molecular weight is 434 g/mol. The van der Waals surface area contributed by atoms with Crippen LogP contribution in [0.3, 0.4) is 0 Å². The standard InChI is InChI=1S/C18H18N4O5S2/c1-22-10-9-19-18(22)28-11-13-5-8-15(27-13)17(24)21-20-16(23)12-3-6-14(7-4-12)29(2,25)26/h3-10H,11H2,1-2H3,(H,20,23)(H,21,24). The molecule has 11 heteroatoms. The van der Waals surface area contributed by atoms with Gasteiger partial charge in [-0.3, -0.25) is 20.4 Å². The Labute approximate surface area is 171 Å². The Kier molecular flexibility index (Phi) is 6.09. The molecule has 0 radical (unpaired) electrons. The number of aromatic nitrogens is 2. The molecular weight excluding hydrogens is 416 g/mol. The predicted octanol–water partition coefficient (Wildman–Crippen LogP) is 1.78. The zero-order chi connectivity index (χ0) is 21.0. The second-order valence-corrected chi connectivity index (χ2v) is 9.04. The summed E-state index contributed by atoms with van der Waals surface area (Å²) in [5.74, 6) is -0.0640. The Bertz CT molecular complexity index is 1130. The molecule has 0 bridgehead atoms. The minimum Gasteiger partial charge on any atom is -0.455 e. The van der Waals surface area contributed by atoms with Gasteiger partial charge in [0, 0.05) is 31.3 Å². The first-order valence-electron chi connectivity index (χ1n) is 8.33. The molecule has 0 unspecified atom stereocenters. The Balaban J connectivity index is 1.53. The molecule has 3 rings (SSSR count). The minimum atomic E-state index is -3.35. The maximum Gasteiger partial charge on any atom is 0.305 e. The normalized spacial score (nSPS) is 11.2. The van der Waals surface area contributed by atoms with E-state index >= 15 is 0 Å². The monoisotopic (exact) mass is 434 g/mol. The molecule has 152 valence electrons. The van der Waals surface area contributed by atoms with Crippen molar-refractivity contribution in [2.24, 2.45) is 7.05 Å². The van der Waals surface area contributed by atoms with E-state index in [4.69, 9.17) is 4.42 Å². The lowest BCUT2D eigenvalue weighted by Gasteiger charge is -2.06. The summed E-state index contributed by atoms with van der Waals surface area (Å²) in [5, 5.41) is 0.821. The third-order valence-corrected chi connectivity index (χ3v) is 6.05. The first kappa shape index (κ1) is 20.7. The van der Waals surface area contributed by atoms with Gasteiger partial charge in [0.05, 0.1) is 10.6 Å². The zero-order valence-electron chi connectivity index (χ0n) is 15.6. The molecule has 0 saturated carbocycles. The van der Waals surface area contributed by atoms with Crippen LogP contribution in [0.25, 0.3) is 0 Å². The number of aryl methyl sites for hydroxylation is 1. The average Bonchev–Trinajstić information content (AvgIpc) is 3.32. The third kappa shape index (κ3) is 5.27. The van der Waals surface area contributed by atoms with Crippen LogP contribution in [0.5, 0.6) is 0 Å². The maximum atomic E-state index is 12.1. The number of furan rings is 1. The lowest BCUT2D eigenvalue weighted by Crippen LogP contribution is -2.41. The first-order valence-corrected chi connectivity index (χ1v) is 11.2. The number of nitrogens with one attached hydrogen (secondary N) is 2. The molecule has 0 aliphatic heterocycles. The van der Waals surface area contributed by atoms with Gasteiger partial charge in [0.25, 0.3) is 5.91 Å². The second kappa shape index (κ2) is 8.53. The number of amides is 2. The van der Waals surface area contributed by atoms with Crippen molar-refractivity contribution in [3.05, 3.63) is 65.9 Å². The number of hydrogen-bond acceptors (Lipinski definition) is 7. The number of carbonyl (C=O) groups is 2. The molecule has 2 N–H and O–H groups in total. The Hall–Kier alpha value is -3.05. The topological polar surface area (TPSA) is 123 Å². The highest BCUT2D eigenvalue weighted by Gasteiger charge is 2.14. The number of hydrazine groups is 1. The van der Waals surface area contributed by atoms with Crippen molar-refractivity contribution >= 4 is 33.4 Å². The number of benzene rings is 1. The van der Waals surface area contributed by atoms with Crippen molar-refractivity contribution < 1.29 is 22.4 Å². The van der Waals surface area contributed by atoms with Crippen molar-refractivity contribution in [3.63, 3.8) is 0 Å². The minimum absolute atomic E-state index is 0.0492. The van der Waals surface area contributed by atoms with Crippen LogP contribution in [0.2, 0.25) is 0 Å². The van der Waals surface area contributed by atoms with E-state index in [0.717, 1.165) is 11.4 Å². The van der Waals surface area contributed by atoms with Gasteiger partial charge < -0.3 is 8.98 Å². The Morgan fingerprint density at radius 2 is 1.79 bits per heavy atom. The van der Waals surface area contributed by atoms with Crippen LogP contribution >= 0.6 is 11.8 Å². The molecular formula is C18H18N4O5S2. The van der Waals surface area contributed by atoms with Crippen LogP contribution in [-0.4, -0.2) is 36.0 Å². The van der Waals surface area contributed by atoms with E-state index in [1.165, 1.54) is 42.1 Å². The summed E-state index contributed by atoms with van der Waals surface area (Å²) >= 11 is 1.46. The van der Waals surface area contributed by atoms with Crippen LogP contribution in [0.1, 0.15) is 26.7 Å². The molecule has 0 fully saturated rings. The summed E-state index contributed by atoms with van der Waals surface area (Å²) in [4.78, 5) is 28.5. The molecule has 0 aliphatic carbocycles. The lowest BCUT2D eigenvalue weighted by molar-refractivity contribution is 0.0830. The van der Waals surface area contributed by atoms with Gasteiger partial charge >= 0.3 is 5.91 Å². The van der Waals surface area contributed by atoms with Crippen LogP contribution in [0, 0.1) is 0 Å². The van der Waals surface area contributed by atoms with Crippen LogP contribution in [0.15, 0.2) is 63.3 Å². The van der Waals surface area contributed by atoms with E-state index in [1.807, 2.05) is 17.8 Å². The van der Waals surface area contributed by atoms with Crippen molar-refractivity contribution in [1.82, 2.24) is 20.4 Å². The molecule has 0 aliphatic rings. The smallest absolute Gasteiger partial charge is 0.305 e. The summed E-state index contributed by atoms with van der Waals surface area (Å²) in [6.07, 6.45) is 4.61. The quantitative estimate of drug-likeness (QED) is 0.448. The van der Waals surface area contributed by atoms with Crippen molar-refractivity contribution in [3.8, 4) is 0 Å². The predicted molar refractivity (Wildman–Crippen MR) is 106 cm³/mol. The van der Waals surface area contributed by atoms with E-state index < -0.39 is 21.7 Å².